The zero-order valence-electron chi connectivity index (χ0n) is 10.0. The predicted octanol–water partition coefficient (Wildman–Crippen LogP) is 0.835. The fourth-order valence-corrected chi connectivity index (χ4v) is 1.19. The highest BCUT2D eigenvalue weighted by Crippen LogP contribution is 1.97. The minimum atomic E-state index is -0.199. The van der Waals surface area contributed by atoms with Gasteiger partial charge in [0.2, 0.25) is 0 Å². The van der Waals surface area contributed by atoms with Crippen LogP contribution in [0.1, 0.15) is 33.0 Å². The zero-order chi connectivity index (χ0) is 12.0. The molecular weight excluding hydrogens is 206 g/mol. The third-order valence-corrected chi connectivity index (χ3v) is 1.83. The lowest BCUT2D eigenvalue weighted by molar-refractivity contribution is 0.232. The Bertz CT molecular complexity index is 314. The molecule has 16 heavy (non-hydrogen) atoms. The normalized spacial score (nSPS) is 11.2. The zero-order valence-corrected chi connectivity index (χ0v) is 10.0. The lowest BCUT2D eigenvalue weighted by atomic mass is 10.1. The second-order valence-corrected chi connectivity index (χ2v) is 4.67. The topological polar surface area (TPSA) is 82.7 Å². The average molecular weight is 225 g/mol. The third kappa shape index (κ3) is 5.33. The summed E-state index contributed by atoms with van der Waals surface area (Å²) in [7, 11) is 0. The number of H-pyrrole nitrogens is 1. The van der Waals surface area contributed by atoms with Crippen LogP contribution in [0.4, 0.5) is 4.79 Å². The minimum Gasteiger partial charge on any atom is -0.338 e. The van der Waals surface area contributed by atoms with Crippen molar-refractivity contribution in [2.75, 3.05) is 6.54 Å². The molecule has 1 aromatic rings. The quantitative estimate of drug-likeness (QED) is 0.664. The van der Waals surface area contributed by atoms with E-state index in [1.165, 1.54) is 6.33 Å². The van der Waals surface area contributed by atoms with E-state index in [9.17, 15) is 4.79 Å². The second-order valence-electron chi connectivity index (χ2n) is 4.67. The van der Waals surface area contributed by atoms with Crippen LogP contribution in [-0.2, 0) is 6.42 Å². The van der Waals surface area contributed by atoms with Crippen molar-refractivity contribution in [1.82, 2.24) is 25.8 Å². The molecule has 6 nitrogen and oxygen atoms in total. The largest absolute Gasteiger partial charge is 0.338 e. The van der Waals surface area contributed by atoms with Gasteiger partial charge in [-0.25, -0.2) is 9.78 Å². The highest BCUT2D eigenvalue weighted by molar-refractivity contribution is 5.74. The van der Waals surface area contributed by atoms with Gasteiger partial charge in [0.25, 0.3) is 0 Å². The molecule has 0 saturated carbocycles. The number of aromatic amines is 1. The number of carbonyl (C=O) groups is 1. The van der Waals surface area contributed by atoms with E-state index < -0.39 is 0 Å². The van der Waals surface area contributed by atoms with Crippen molar-refractivity contribution >= 4 is 6.03 Å². The number of carbonyl (C=O) groups excluding carboxylic acids is 1. The molecule has 0 saturated heterocycles. The summed E-state index contributed by atoms with van der Waals surface area (Å²) in [4.78, 5) is 15.4. The van der Waals surface area contributed by atoms with Crippen LogP contribution >= 0.6 is 0 Å². The SMILES string of the molecule is CC(C)(C)NC(=O)NCCCc1ncn[nH]1. The van der Waals surface area contributed by atoms with Gasteiger partial charge in [0.15, 0.2) is 0 Å². The molecule has 90 valence electrons. The van der Waals surface area contributed by atoms with Crippen LogP contribution < -0.4 is 10.6 Å². The molecule has 0 radical (unpaired) electrons. The molecule has 1 heterocycles. The van der Waals surface area contributed by atoms with Crippen LogP contribution in [0.5, 0.6) is 0 Å². The summed E-state index contributed by atoms with van der Waals surface area (Å²) in [5, 5.41) is 12.1. The van der Waals surface area contributed by atoms with Gasteiger partial charge in [-0.1, -0.05) is 0 Å². The molecule has 0 aliphatic heterocycles. The van der Waals surface area contributed by atoms with Crippen molar-refractivity contribution in [2.45, 2.75) is 39.2 Å². The van der Waals surface area contributed by atoms with E-state index in [0.717, 1.165) is 18.7 Å². The first-order valence-corrected chi connectivity index (χ1v) is 5.37. The molecule has 6 heteroatoms. The van der Waals surface area contributed by atoms with E-state index >= 15 is 0 Å². The summed E-state index contributed by atoms with van der Waals surface area (Å²) in [5.41, 5.74) is -0.199. The summed E-state index contributed by atoms with van der Waals surface area (Å²) in [6, 6.07) is -0.134. The molecule has 0 aromatic carbocycles. The van der Waals surface area contributed by atoms with E-state index in [2.05, 4.69) is 25.8 Å². The molecule has 1 rings (SSSR count). The van der Waals surface area contributed by atoms with Gasteiger partial charge in [-0.3, -0.25) is 5.10 Å². The van der Waals surface area contributed by atoms with Crippen LogP contribution in [-0.4, -0.2) is 33.3 Å². The van der Waals surface area contributed by atoms with Crippen molar-refractivity contribution in [3.05, 3.63) is 12.2 Å². The Labute approximate surface area is 95.2 Å². The molecule has 0 aliphatic rings. The highest BCUT2D eigenvalue weighted by atomic mass is 16.2. The third-order valence-electron chi connectivity index (χ3n) is 1.83. The summed E-state index contributed by atoms with van der Waals surface area (Å²) >= 11 is 0. The molecule has 0 atom stereocenters. The summed E-state index contributed by atoms with van der Waals surface area (Å²) in [6.07, 6.45) is 3.11. The van der Waals surface area contributed by atoms with Crippen molar-refractivity contribution in [3.8, 4) is 0 Å². The van der Waals surface area contributed by atoms with E-state index in [4.69, 9.17) is 0 Å². The van der Waals surface area contributed by atoms with Gasteiger partial charge in [-0.05, 0) is 27.2 Å². The maximum absolute atomic E-state index is 11.4. The fraction of sp³-hybridized carbons (Fsp3) is 0.700. The lowest BCUT2D eigenvalue weighted by Gasteiger charge is -2.20. The van der Waals surface area contributed by atoms with Gasteiger partial charge < -0.3 is 10.6 Å². The molecule has 0 bridgehead atoms. The second kappa shape index (κ2) is 5.48. The first-order chi connectivity index (χ1) is 7.47. The Hall–Kier alpha value is -1.59. The van der Waals surface area contributed by atoms with Crippen LogP contribution in [0.2, 0.25) is 0 Å². The van der Waals surface area contributed by atoms with E-state index in [-0.39, 0.29) is 11.6 Å². The Morgan fingerprint density at radius 1 is 1.50 bits per heavy atom. The summed E-state index contributed by atoms with van der Waals surface area (Å²) in [5.74, 6) is 0.845. The van der Waals surface area contributed by atoms with Gasteiger partial charge >= 0.3 is 6.03 Å². The average Bonchev–Trinajstić information content (AvgIpc) is 2.62. The standard InChI is InChI=1S/C10H19N5O/c1-10(2,3)14-9(16)11-6-4-5-8-12-7-13-15-8/h7H,4-6H2,1-3H3,(H2,11,14,16)(H,12,13,15). The Balaban J connectivity index is 2.09. The predicted molar refractivity (Wildman–Crippen MR) is 61.0 cm³/mol. The number of rotatable bonds is 4. The van der Waals surface area contributed by atoms with E-state index in [1.807, 2.05) is 20.8 Å². The van der Waals surface area contributed by atoms with Crippen LogP contribution in [0.3, 0.4) is 0 Å². The molecule has 2 amide bonds. The maximum atomic E-state index is 11.4. The molecule has 0 aliphatic carbocycles. The lowest BCUT2D eigenvalue weighted by Crippen LogP contribution is -2.46. The van der Waals surface area contributed by atoms with Crippen LogP contribution in [0, 0.1) is 0 Å². The van der Waals surface area contributed by atoms with Crippen LogP contribution in [0.15, 0.2) is 6.33 Å². The van der Waals surface area contributed by atoms with Crippen molar-refractivity contribution in [3.63, 3.8) is 0 Å². The molecule has 0 unspecified atom stereocenters. The van der Waals surface area contributed by atoms with Gasteiger partial charge in [0.1, 0.15) is 12.2 Å². The molecular formula is C10H19N5O. The highest BCUT2D eigenvalue weighted by Gasteiger charge is 2.12. The van der Waals surface area contributed by atoms with Gasteiger partial charge in [0, 0.05) is 18.5 Å². The number of hydrogen-bond acceptors (Lipinski definition) is 3. The summed E-state index contributed by atoms with van der Waals surface area (Å²) in [6.45, 7) is 6.46. The summed E-state index contributed by atoms with van der Waals surface area (Å²) < 4.78 is 0. The maximum Gasteiger partial charge on any atom is 0.315 e. The first-order valence-electron chi connectivity index (χ1n) is 5.37. The number of aryl methyl sites for hydroxylation is 1. The molecule has 1 aromatic heterocycles. The van der Waals surface area contributed by atoms with Gasteiger partial charge in [-0.2, -0.15) is 5.10 Å². The number of nitrogens with one attached hydrogen (secondary N) is 3. The number of urea groups is 1. The number of aromatic nitrogens is 3. The fourth-order valence-electron chi connectivity index (χ4n) is 1.19. The number of nitrogens with zero attached hydrogens (tertiary/aromatic N) is 2. The molecule has 0 spiro atoms. The number of amides is 2. The Morgan fingerprint density at radius 3 is 2.81 bits per heavy atom. The Kier molecular flexibility index (Phi) is 4.28. The smallest absolute Gasteiger partial charge is 0.315 e. The van der Waals surface area contributed by atoms with Crippen molar-refractivity contribution in [2.24, 2.45) is 0 Å². The van der Waals surface area contributed by atoms with Crippen LogP contribution in [0.25, 0.3) is 0 Å². The minimum absolute atomic E-state index is 0.134. The Morgan fingerprint density at radius 2 is 2.25 bits per heavy atom. The first kappa shape index (κ1) is 12.5. The van der Waals surface area contributed by atoms with E-state index in [0.29, 0.717) is 6.54 Å². The van der Waals surface area contributed by atoms with Crippen molar-refractivity contribution in [1.29, 1.82) is 0 Å². The monoisotopic (exact) mass is 225 g/mol. The number of hydrogen-bond donors (Lipinski definition) is 3. The molecule has 0 fully saturated rings. The molecule has 3 N–H and O–H groups in total. The van der Waals surface area contributed by atoms with Gasteiger partial charge in [-0.15, -0.1) is 0 Å². The van der Waals surface area contributed by atoms with E-state index in [1.54, 1.807) is 0 Å². The van der Waals surface area contributed by atoms with Crippen molar-refractivity contribution < 1.29 is 4.79 Å². The van der Waals surface area contributed by atoms with Gasteiger partial charge in [0.05, 0.1) is 0 Å².